The molecular weight excluding hydrogens is 194 g/mol. The van der Waals surface area contributed by atoms with E-state index in [1.807, 2.05) is 20.8 Å². The van der Waals surface area contributed by atoms with Crippen LogP contribution in [0.2, 0.25) is 0 Å². The monoisotopic (exact) mass is 215 g/mol. The molecule has 0 spiro atoms. The molecule has 2 unspecified atom stereocenters. The topological polar surface area (TPSA) is 47.6 Å². The normalized spacial score (nSPS) is 30.5. The van der Waals surface area contributed by atoms with E-state index < -0.39 is 0 Å². The Morgan fingerprint density at radius 2 is 2.40 bits per heavy atom. The lowest BCUT2D eigenvalue weighted by Crippen LogP contribution is -2.51. The largest absolute Gasteiger partial charge is 0.376 e. The van der Waals surface area contributed by atoms with E-state index in [-0.39, 0.29) is 24.2 Å². The molecule has 88 valence electrons. The van der Waals surface area contributed by atoms with E-state index in [9.17, 15) is 4.79 Å². The van der Waals surface area contributed by atoms with Gasteiger partial charge in [-0.3, -0.25) is 4.79 Å². The second-order valence-electron chi connectivity index (χ2n) is 4.28. The number of carbonyl (C=O) groups excluding carboxylic acids is 1. The molecule has 1 fully saturated rings. The minimum Gasteiger partial charge on any atom is -0.376 e. The molecule has 2 atom stereocenters. The third-order valence-corrected chi connectivity index (χ3v) is 2.89. The summed E-state index contributed by atoms with van der Waals surface area (Å²) in [6.45, 7) is 7.52. The Labute approximate surface area is 91.3 Å². The molecule has 1 aliphatic rings. The minimum absolute atomic E-state index is 0.0525. The van der Waals surface area contributed by atoms with Crippen LogP contribution < -0.4 is 5.32 Å². The molecule has 4 heteroatoms. The molecule has 1 N–H and O–H groups in total. The molecule has 4 nitrogen and oxygen atoms in total. The van der Waals surface area contributed by atoms with Crippen LogP contribution in [0.1, 0.15) is 33.6 Å². The fourth-order valence-electron chi connectivity index (χ4n) is 1.66. The lowest BCUT2D eigenvalue weighted by molar-refractivity contribution is -0.128. The van der Waals surface area contributed by atoms with E-state index in [4.69, 9.17) is 9.47 Å². The first kappa shape index (κ1) is 12.5. The molecule has 1 saturated heterocycles. The van der Waals surface area contributed by atoms with Crippen LogP contribution >= 0.6 is 0 Å². The van der Waals surface area contributed by atoms with Crippen molar-refractivity contribution in [1.82, 2.24) is 5.32 Å². The van der Waals surface area contributed by atoms with Crippen LogP contribution in [0, 0.1) is 0 Å². The molecule has 0 saturated carbocycles. The van der Waals surface area contributed by atoms with Gasteiger partial charge in [0.25, 0.3) is 0 Å². The third kappa shape index (κ3) is 3.47. The number of hydrogen-bond donors (Lipinski definition) is 1. The van der Waals surface area contributed by atoms with E-state index >= 15 is 0 Å². The number of hydrogen-bond acceptors (Lipinski definition) is 3. The highest BCUT2D eigenvalue weighted by atomic mass is 16.5. The molecule has 0 aromatic rings. The second-order valence-corrected chi connectivity index (χ2v) is 4.28. The summed E-state index contributed by atoms with van der Waals surface area (Å²) in [6, 6.07) is 0. The summed E-state index contributed by atoms with van der Waals surface area (Å²) in [4.78, 5) is 11.5. The molecule has 0 aliphatic carbocycles. The van der Waals surface area contributed by atoms with Gasteiger partial charge in [-0.25, -0.2) is 0 Å². The van der Waals surface area contributed by atoms with Gasteiger partial charge in [0, 0.05) is 13.2 Å². The lowest BCUT2D eigenvalue weighted by atomic mass is 9.95. The van der Waals surface area contributed by atoms with Crippen molar-refractivity contribution < 1.29 is 14.3 Å². The average molecular weight is 215 g/mol. The third-order valence-electron chi connectivity index (χ3n) is 2.89. The summed E-state index contributed by atoms with van der Waals surface area (Å²) in [5, 5.41) is 2.97. The first-order valence-electron chi connectivity index (χ1n) is 5.59. The van der Waals surface area contributed by atoms with Crippen molar-refractivity contribution in [1.29, 1.82) is 0 Å². The molecule has 1 heterocycles. The van der Waals surface area contributed by atoms with Crippen molar-refractivity contribution in [3.63, 3.8) is 0 Å². The van der Waals surface area contributed by atoms with Crippen molar-refractivity contribution >= 4 is 5.91 Å². The Hall–Kier alpha value is -0.610. The Kier molecular flexibility index (Phi) is 4.54. The number of carbonyl (C=O) groups is 1. The number of rotatable bonds is 5. The first-order chi connectivity index (χ1) is 7.08. The Morgan fingerprint density at radius 3 is 2.93 bits per heavy atom. The van der Waals surface area contributed by atoms with E-state index in [1.54, 1.807) is 0 Å². The zero-order valence-corrected chi connectivity index (χ0v) is 9.84. The van der Waals surface area contributed by atoms with Crippen molar-refractivity contribution in [3.05, 3.63) is 0 Å². The van der Waals surface area contributed by atoms with E-state index in [1.165, 1.54) is 0 Å². The van der Waals surface area contributed by atoms with Crippen LogP contribution in [0.25, 0.3) is 0 Å². The summed E-state index contributed by atoms with van der Waals surface area (Å²) < 4.78 is 10.6. The average Bonchev–Trinajstić information content (AvgIpc) is 2.47. The van der Waals surface area contributed by atoms with Gasteiger partial charge in [0.15, 0.2) is 0 Å². The first-order valence-corrected chi connectivity index (χ1v) is 5.59. The fraction of sp³-hybridized carbons (Fsp3) is 0.909. The van der Waals surface area contributed by atoms with Crippen LogP contribution in [-0.4, -0.2) is 37.4 Å². The van der Waals surface area contributed by atoms with Crippen LogP contribution in [0.5, 0.6) is 0 Å². The minimum atomic E-state index is -0.230. The van der Waals surface area contributed by atoms with Gasteiger partial charge in [-0.15, -0.1) is 0 Å². The molecule has 1 rings (SSSR count). The van der Waals surface area contributed by atoms with Crippen molar-refractivity contribution in [2.75, 3.05) is 19.8 Å². The van der Waals surface area contributed by atoms with Gasteiger partial charge in [-0.05, 0) is 26.7 Å². The molecular formula is C11H21NO3. The highest BCUT2D eigenvalue weighted by Gasteiger charge is 2.38. The quantitative estimate of drug-likeness (QED) is 0.698. The number of amides is 1. The molecule has 0 radical (unpaired) electrons. The maximum atomic E-state index is 11.5. The summed E-state index contributed by atoms with van der Waals surface area (Å²) in [5.74, 6) is -0.0525. The summed E-state index contributed by atoms with van der Waals surface area (Å²) in [7, 11) is 0. The van der Waals surface area contributed by atoms with Gasteiger partial charge in [0.1, 0.15) is 6.61 Å². The Morgan fingerprint density at radius 1 is 1.67 bits per heavy atom. The fourth-order valence-corrected chi connectivity index (χ4v) is 1.66. The number of nitrogens with one attached hydrogen (secondary N) is 1. The van der Waals surface area contributed by atoms with Gasteiger partial charge in [-0.1, -0.05) is 6.92 Å². The van der Waals surface area contributed by atoms with E-state index in [2.05, 4.69) is 5.32 Å². The molecule has 1 aliphatic heterocycles. The van der Waals surface area contributed by atoms with Crippen LogP contribution in [-0.2, 0) is 14.3 Å². The molecule has 0 bridgehead atoms. The van der Waals surface area contributed by atoms with Gasteiger partial charge >= 0.3 is 0 Å². The van der Waals surface area contributed by atoms with Gasteiger partial charge in [-0.2, -0.15) is 0 Å². The van der Waals surface area contributed by atoms with Crippen molar-refractivity contribution in [2.45, 2.75) is 45.3 Å². The van der Waals surface area contributed by atoms with Gasteiger partial charge in [0.2, 0.25) is 5.91 Å². The molecule has 1 amide bonds. The standard InChI is InChI=1S/C11H21NO3/c1-4-6-14-8-10(13)12-11(3)5-7-15-9(11)2/h9H,4-8H2,1-3H3,(H,12,13). The maximum Gasteiger partial charge on any atom is 0.246 e. The van der Waals surface area contributed by atoms with Gasteiger partial charge in [0.05, 0.1) is 11.6 Å². The summed E-state index contributed by atoms with van der Waals surface area (Å²) in [5.41, 5.74) is -0.230. The smallest absolute Gasteiger partial charge is 0.246 e. The zero-order chi connectivity index (χ0) is 11.3. The Bertz CT molecular complexity index is 220. The SMILES string of the molecule is CCCOCC(=O)NC1(C)CCOC1C. The summed E-state index contributed by atoms with van der Waals surface area (Å²) in [6.07, 6.45) is 1.88. The van der Waals surface area contributed by atoms with Crippen LogP contribution in [0.3, 0.4) is 0 Å². The van der Waals surface area contributed by atoms with Gasteiger partial charge < -0.3 is 14.8 Å². The maximum absolute atomic E-state index is 11.5. The highest BCUT2D eigenvalue weighted by molar-refractivity contribution is 5.78. The van der Waals surface area contributed by atoms with Crippen molar-refractivity contribution in [3.8, 4) is 0 Å². The number of ether oxygens (including phenoxy) is 2. The molecule has 0 aromatic heterocycles. The van der Waals surface area contributed by atoms with Crippen LogP contribution in [0.4, 0.5) is 0 Å². The van der Waals surface area contributed by atoms with E-state index in [0.717, 1.165) is 12.8 Å². The van der Waals surface area contributed by atoms with E-state index in [0.29, 0.717) is 13.2 Å². The predicted octanol–water partition coefficient (Wildman–Crippen LogP) is 1.10. The van der Waals surface area contributed by atoms with Crippen LogP contribution in [0.15, 0.2) is 0 Å². The zero-order valence-electron chi connectivity index (χ0n) is 9.84. The molecule has 0 aromatic carbocycles. The van der Waals surface area contributed by atoms with Crippen molar-refractivity contribution in [2.24, 2.45) is 0 Å². The lowest BCUT2D eigenvalue weighted by Gasteiger charge is -2.28. The second kappa shape index (κ2) is 5.47. The Balaban J connectivity index is 2.30. The summed E-state index contributed by atoms with van der Waals surface area (Å²) >= 11 is 0. The highest BCUT2D eigenvalue weighted by Crippen LogP contribution is 2.24. The predicted molar refractivity (Wildman–Crippen MR) is 57.7 cm³/mol. The molecule has 15 heavy (non-hydrogen) atoms.